The van der Waals surface area contributed by atoms with Gasteiger partial charge in [-0.25, -0.2) is 0 Å². The number of piperazine rings is 1. The fourth-order valence-corrected chi connectivity index (χ4v) is 3.44. The molecule has 9 nitrogen and oxygen atoms in total. The highest BCUT2D eigenvalue weighted by Crippen LogP contribution is 2.15. The minimum absolute atomic E-state index is 0.0828. The van der Waals surface area contributed by atoms with Crippen LogP contribution < -0.4 is 16.0 Å². The third-order valence-corrected chi connectivity index (χ3v) is 5.00. The van der Waals surface area contributed by atoms with Gasteiger partial charge >= 0.3 is 0 Å². The fourth-order valence-electron chi connectivity index (χ4n) is 3.44. The van der Waals surface area contributed by atoms with Crippen LogP contribution in [0.4, 0.5) is 0 Å². The van der Waals surface area contributed by atoms with Gasteiger partial charge in [-0.2, -0.15) is 5.10 Å². The van der Waals surface area contributed by atoms with E-state index in [4.69, 9.17) is 0 Å². The van der Waals surface area contributed by atoms with Gasteiger partial charge in [0.15, 0.2) is 5.69 Å². The number of rotatable bonds is 4. The number of H-pyrrole nitrogens is 1. The first-order chi connectivity index (χ1) is 13.6. The number of hydrogen-bond donors (Lipinski definition) is 4. The van der Waals surface area contributed by atoms with Gasteiger partial charge in [0.1, 0.15) is 0 Å². The summed E-state index contributed by atoms with van der Waals surface area (Å²) in [6.07, 6.45) is 0.837. The molecule has 0 spiro atoms. The van der Waals surface area contributed by atoms with Crippen LogP contribution in [0.5, 0.6) is 0 Å². The Balaban J connectivity index is 1.36. The Morgan fingerprint density at radius 1 is 1.18 bits per heavy atom. The third kappa shape index (κ3) is 3.74. The van der Waals surface area contributed by atoms with E-state index >= 15 is 0 Å². The zero-order valence-corrected chi connectivity index (χ0v) is 15.4. The molecule has 0 bridgehead atoms. The molecular weight excluding hydrogens is 360 g/mol. The summed E-state index contributed by atoms with van der Waals surface area (Å²) in [6, 6.07) is 7.05. The number of benzene rings is 1. The predicted octanol–water partition coefficient (Wildman–Crippen LogP) is -0.443. The van der Waals surface area contributed by atoms with Crippen LogP contribution in [0, 0.1) is 0 Å². The van der Waals surface area contributed by atoms with Gasteiger partial charge in [-0.15, -0.1) is 0 Å². The number of nitrogens with zero attached hydrogens (tertiary/aromatic N) is 2. The summed E-state index contributed by atoms with van der Waals surface area (Å²) in [6.45, 7) is 2.92. The van der Waals surface area contributed by atoms with E-state index in [0.29, 0.717) is 37.4 Å². The Hall–Kier alpha value is -3.20. The van der Waals surface area contributed by atoms with Crippen LogP contribution in [-0.4, -0.2) is 59.0 Å². The van der Waals surface area contributed by atoms with Crippen molar-refractivity contribution in [3.05, 3.63) is 52.3 Å². The van der Waals surface area contributed by atoms with Crippen LogP contribution in [0.15, 0.2) is 24.3 Å². The first-order valence-electron chi connectivity index (χ1n) is 9.32. The van der Waals surface area contributed by atoms with Crippen LogP contribution in [0.1, 0.15) is 37.7 Å². The zero-order chi connectivity index (χ0) is 19.5. The van der Waals surface area contributed by atoms with Crippen LogP contribution in [0.3, 0.4) is 0 Å². The molecule has 3 amide bonds. The van der Waals surface area contributed by atoms with Gasteiger partial charge in [0.05, 0.1) is 6.54 Å². The van der Waals surface area contributed by atoms with Crippen LogP contribution >= 0.6 is 0 Å². The maximum atomic E-state index is 12.5. The van der Waals surface area contributed by atoms with Gasteiger partial charge < -0.3 is 20.9 Å². The maximum Gasteiger partial charge on any atom is 0.272 e. The zero-order valence-electron chi connectivity index (χ0n) is 15.4. The number of carbonyl (C=O) groups is 3. The second-order valence-corrected chi connectivity index (χ2v) is 6.91. The summed E-state index contributed by atoms with van der Waals surface area (Å²) in [4.78, 5) is 37.9. The third-order valence-electron chi connectivity index (χ3n) is 5.00. The molecule has 1 aromatic carbocycles. The molecule has 0 radical (unpaired) electrons. The van der Waals surface area contributed by atoms with E-state index in [1.165, 1.54) is 4.90 Å². The van der Waals surface area contributed by atoms with Crippen molar-refractivity contribution in [1.82, 2.24) is 31.0 Å². The minimum Gasteiger partial charge on any atom is -0.353 e. The lowest BCUT2D eigenvalue weighted by atomic mass is 10.1. The van der Waals surface area contributed by atoms with E-state index in [2.05, 4.69) is 26.1 Å². The standard InChI is InChI=1S/C19H22N6O3/c26-16-11-25(8-7-21-16)19(28)13-3-1-12(2-4-13)9-22-18(27)17-14-10-20-6-5-15(14)23-24-17/h1-4,20H,5-11H2,(H,21,26)(H,22,27)(H,23,24). The average Bonchev–Trinajstić information content (AvgIpc) is 3.16. The Kier molecular flexibility index (Phi) is 5.07. The number of aromatic nitrogens is 2. The number of amides is 3. The number of hydrogen-bond acceptors (Lipinski definition) is 5. The molecule has 1 aromatic heterocycles. The molecule has 9 heteroatoms. The van der Waals surface area contributed by atoms with Crippen LogP contribution in [0.2, 0.25) is 0 Å². The molecular formula is C19H22N6O3. The summed E-state index contributed by atoms with van der Waals surface area (Å²) in [7, 11) is 0. The van der Waals surface area contributed by atoms with Crippen molar-refractivity contribution in [2.75, 3.05) is 26.2 Å². The summed E-state index contributed by atoms with van der Waals surface area (Å²) in [5.41, 5.74) is 3.77. The van der Waals surface area contributed by atoms with Crippen molar-refractivity contribution in [2.45, 2.75) is 19.5 Å². The lowest BCUT2D eigenvalue weighted by Crippen LogP contribution is -2.49. The molecule has 1 saturated heterocycles. The number of nitrogens with one attached hydrogen (secondary N) is 4. The number of fused-ring (bicyclic) bond motifs is 1. The highest BCUT2D eigenvalue weighted by molar-refractivity contribution is 5.97. The lowest BCUT2D eigenvalue weighted by Gasteiger charge is -2.26. The quantitative estimate of drug-likeness (QED) is 0.572. The van der Waals surface area contributed by atoms with E-state index < -0.39 is 0 Å². The second-order valence-electron chi connectivity index (χ2n) is 6.91. The fraction of sp³-hybridized carbons (Fsp3) is 0.368. The SMILES string of the molecule is O=C1CN(C(=O)c2ccc(CNC(=O)c3n[nH]c4c3CNCC4)cc2)CCN1. The topological polar surface area (TPSA) is 119 Å². The molecule has 4 rings (SSSR count). The first-order valence-corrected chi connectivity index (χ1v) is 9.32. The average molecular weight is 382 g/mol. The van der Waals surface area contributed by atoms with E-state index in [1.54, 1.807) is 24.3 Å². The molecule has 0 saturated carbocycles. The smallest absolute Gasteiger partial charge is 0.272 e. The number of aromatic amines is 1. The van der Waals surface area contributed by atoms with Crippen molar-refractivity contribution >= 4 is 17.7 Å². The van der Waals surface area contributed by atoms with Crippen molar-refractivity contribution in [3.63, 3.8) is 0 Å². The van der Waals surface area contributed by atoms with E-state index in [1.807, 2.05) is 0 Å². The maximum absolute atomic E-state index is 12.5. The molecule has 4 N–H and O–H groups in total. The van der Waals surface area contributed by atoms with Crippen molar-refractivity contribution in [2.24, 2.45) is 0 Å². The van der Waals surface area contributed by atoms with Gasteiger partial charge in [0, 0.05) is 56.0 Å². The summed E-state index contributed by atoms with van der Waals surface area (Å²) < 4.78 is 0. The molecule has 2 aliphatic heterocycles. The van der Waals surface area contributed by atoms with Gasteiger partial charge in [-0.3, -0.25) is 19.5 Å². The minimum atomic E-state index is -0.222. The van der Waals surface area contributed by atoms with Gasteiger partial charge in [-0.05, 0) is 17.7 Å². The highest BCUT2D eigenvalue weighted by atomic mass is 16.2. The van der Waals surface area contributed by atoms with Gasteiger partial charge in [0.25, 0.3) is 11.8 Å². The van der Waals surface area contributed by atoms with Crippen molar-refractivity contribution in [3.8, 4) is 0 Å². The van der Waals surface area contributed by atoms with Crippen molar-refractivity contribution in [1.29, 1.82) is 0 Å². The molecule has 1 fully saturated rings. The largest absolute Gasteiger partial charge is 0.353 e. The number of carbonyl (C=O) groups excluding carboxylic acids is 3. The van der Waals surface area contributed by atoms with E-state index in [0.717, 1.165) is 29.8 Å². The summed E-state index contributed by atoms with van der Waals surface area (Å²) >= 11 is 0. The molecule has 2 aromatic rings. The molecule has 28 heavy (non-hydrogen) atoms. The normalized spacial score (nSPS) is 16.3. The predicted molar refractivity (Wildman–Crippen MR) is 101 cm³/mol. The lowest BCUT2D eigenvalue weighted by molar-refractivity contribution is -0.123. The summed E-state index contributed by atoms with van der Waals surface area (Å²) in [5.74, 6) is -0.531. The van der Waals surface area contributed by atoms with Gasteiger partial charge in [-0.1, -0.05) is 12.1 Å². The van der Waals surface area contributed by atoms with E-state index in [-0.39, 0.29) is 24.3 Å². The molecule has 3 heterocycles. The molecule has 0 unspecified atom stereocenters. The summed E-state index contributed by atoms with van der Waals surface area (Å²) in [5, 5.41) is 15.9. The Morgan fingerprint density at radius 2 is 2.00 bits per heavy atom. The molecule has 2 aliphatic rings. The Morgan fingerprint density at radius 3 is 2.79 bits per heavy atom. The second kappa shape index (κ2) is 7.81. The van der Waals surface area contributed by atoms with Gasteiger partial charge in [0.2, 0.25) is 5.91 Å². The monoisotopic (exact) mass is 382 g/mol. The molecule has 0 aliphatic carbocycles. The molecule has 146 valence electrons. The van der Waals surface area contributed by atoms with Crippen LogP contribution in [0.25, 0.3) is 0 Å². The Labute approximate surface area is 161 Å². The van der Waals surface area contributed by atoms with Crippen molar-refractivity contribution < 1.29 is 14.4 Å². The highest BCUT2D eigenvalue weighted by Gasteiger charge is 2.23. The first kappa shape index (κ1) is 18.2. The Bertz CT molecular complexity index is 905. The van der Waals surface area contributed by atoms with Crippen LogP contribution in [-0.2, 0) is 24.3 Å². The molecule has 0 atom stereocenters. The van der Waals surface area contributed by atoms with E-state index in [9.17, 15) is 14.4 Å².